The van der Waals surface area contributed by atoms with Gasteiger partial charge in [0.15, 0.2) is 0 Å². The van der Waals surface area contributed by atoms with Gasteiger partial charge in [-0.05, 0) is 36.6 Å². The van der Waals surface area contributed by atoms with Crippen molar-refractivity contribution < 1.29 is 19.1 Å². The maximum Gasteiger partial charge on any atom is 0.371 e. The first-order valence-electron chi connectivity index (χ1n) is 7.18. The van der Waals surface area contributed by atoms with E-state index in [2.05, 4.69) is 5.32 Å². The second-order valence-corrected chi connectivity index (χ2v) is 5.55. The summed E-state index contributed by atoms with van der Waals surface area (Å²) in [6.07, 6.45) is 5.26. The van der Waals surface area contributed by atoms with Gasteiger partial charge in [-0.25, -0.2) is 4.79 Å². The van der Waals surface area contributed by atoms with Gasteiger partial charge < -0.3 is 14.8 Å². The monoisotopic (exact) mass is 287 g/mol. The Labute approximate surface area is 121 Å². The van der Waals surface area contributed by atoms with Gasteiger partial charge in [-0.1, -0.05) is 19.3 Å². The van der Waals surface area contributed by atoms with Crippen LogP contribution in [0.3, 0.4) is 0 Å². The van der Waals surface area contributed by atoms with Crippen LogP contribution in [0.1, 0.15) is 42.7 Å². The molecular formula is C16H17NO4. The molecule has 0 radical (unpaired) electrons. The molecule has 1 saturated carbocycles. The van der Waals surface area contributed by atoms with Crippen LogP contribution in [0, 0.1) is 5.92 Å². The number of amides is 1. The summed E-state index contributed by atoms with van der Waals surface area (Å²) < 4.78 is 5.18. The number of fused-ring (bicyclic) bond motifs is 1. The van der Waals surface area contributed by atoms with Gasteiger partial charge in [0.25, 0.3) is 0 Å². The van der Waals surface area contributed by atoms with Crippen LogP contribution < -0.4 is 5.32 Å². The molecule has 0 saturated heterocycles. The molecule has 0 atom stereocenters. The molecule has 110 valence electrons. The van der Waals surface area contributed by atoms with E-state index in [4.69, 9.17) is 9.52 Å². The average molecular weight is 287 g/mol. The minimum atomic E-state index is -1.10. The Kier molecular flexibility index (Phi) is 3.64. The van der Waals surface area contributed by atoms with E-state index in [9.17, 15) is 9.59 Å². The highest BCUT2D eigenvalue weighted by molar-refractivity contribution is 5.95. The van der Waals surface area contributed by atoms with Gasteiger partial charge in [0, 0.05) is 17.5 Å². The Morgan fingerprint density at radius 3 is 2.76 bits per heavy atom. The summed E-state index contributed by atoms with van der Waals surface area (Å²) in [6, 6.07) is 6.58. The number of hydrogen-bond donors (Lipinski definition) is 2. The largest absolute Gasteiger partial charge is 0.475 e. The molecule has 1 aliphatic carbocycles. The predicted octanol–water partition coefficient (Wildman–Crippen LogP) is 3.65. The average Bonchev–Trinajstić information content (AvgIpc) is 2.80. The lowest BCUT2D eigenvalue weighted by atomic mass is 9.82. The van der Waals surface area contributed by atoms with Gasteiger partial charge in [0.1, 0.15) is 5.58 Å². The van der Waals surface area contributed by atoms with Crippen LogP contribution in [0.15, 0.2) is 28.7 Å². The van der Waals surface area contributed by atoms with Gasteiger partial charge in [0.05, 0.1) is 0 Å². The van der Waals surface area contributed by atoms with Crippen molar-refractivity contribution >= 4 is 28.5 Å². The van der Waals surface area contributed by atoms with E-state index in [-0.39, 0.29) is 11.7 Å². The maximum absolute atomic E-state index is 11.9. The molecule has 0 bridgehead atoms. The summed E-state index contributed by atoms with van der Waals surface area (Å²) in [5.74, 6) is -0.482. The van der Waals surface area contributed by atoms with E-state index in [1.807, 2.05) is 0 Å². The van der Waals surface area contributed by atoms with Crippen molar-refractivity contribution in [1.29, 1.82) is 0 Å². The summed E-state index contributed by atoms with van der Waals surface area (Å²) in [6.45, 7) is 0. The van der Waals surface area contributed by atoms with Crippen LogP contribution in [-0.2, 0) is 4.79 Å². The van der Waals surface area contributed by atoms with Crippen LogP contribution in [0.2, 0.25) is 0 Å². The van der Waals surface area contributed by atoms with Crippen LogP contribution in [0.4, 0.5) is 5.69 Å². The standard InChI is InChI=1S/C16H17NO4/c18-15(7-4-10-2-1-3-10)17-12-5-6-13-11(8-12)9-14(21-13)16(19)20/h5-6,8-10H,1-4,7H2,(H,17,18)(H,19,20). The van der Waals surface area contributed by atoms with Gasteiger partial charge in [-0.2, -0.15) is 0 Å². The normalized spacial score (nSPS) is 14.9. The van der Waals surface area contributed by atoms with Crippen molar-refractivity contribution in [2.24, 2.45) is 5.92 Å². The van der Waals surface area contributed by atoms with E-state index in [1.165, 1.54) is 25.3 Å². The van der Waals surface area contributed by atoms with Crippen molar-refractivity contribution in [2.45, 2.75) is 32.1 Å². The van der Waals surface area contributed by atoms with E-state index in [0.29, 0.717) is 29.0 Å². The first-order chi connectivity index (χ1) is 10.1. The molecule has 0 unspecified atom stereocenters. The van der Waals surface area contributed by atoms with Crippen molar-refractivity contribution in [3.05, 3.63) is 30.0 Å². The van der Waals surface area contributed by atoms with Crippen LogP contribution in [-0.4, -0.2) is 17.0 Å². The Balaban J connectivity index is 1.65. The molecule has 1 aliphatic rings. The summed E-state index contributed by atoms with van der Waals surface area (Å²) in [4.78, 5) is 22.7. The zero-order valence-corrected chi connectivity index (χ0v) is 11.6. The van der Waals surface area contributed by atoms with E-state index in [0.717, 1.165) is 6.42 Å². The number of carboxylic acid groups (broad SMARTS) is 1. The number of hydrogen-bond acceptors (Lipinski definition) is 3. The predicted molar refractivity (Wildman–Crippen MR) is 78.4 cm³/mol. The number of furan rings is 1. The number of anilines is 1. The van der Waals surface area contributed by atoms with Crippen LogP contribution >= 0.6 is 0 Å². The lowest BCUT2D eigenvalue weighted by molar-refractivity contribution is -0.116. The second-order valence-electron chi connectivity index (χ2n) is 5.55. The molecule has 5 heteroatoms. The highest BCUT2D eigenvalue weighted by Crippen LogP contribution is 2.30. The van der Waals surface area contributed by atoms with E-state index >= 15 is 0 Å². The number of benzene rings is 1. The minimum absolute atomic E-state index is 0.00297. The Morgan fingerprint density at radius 1 is 1.29 bits per heavy atom. The van der Waals surface area contributed by atoms with E-state index < -0.39 is 5.97 Å². The minimum Gasteiger partial charge on any atom is -0.475 e. The molecule has 1 fully saturated rings. The van der Waals surface area contributed by atoms with E-state index in [1.54, 1.807) is 18.2 Å². The van der Waals surface area contributed by atoms with Crippen molar-refractivity contribution in [3.8, 4) is 0 Å². The SMILES string of the molecule is O=C(CCC1CCC1)Nc1ccc2oc(C(=O)O)cc2c1. The molecule has 1 amide bonds. The molecular weight excluding hydrogens is 270 g/mol. The molecule has 1 aromatic carbocycles. The third-order valence-electron chi connectivity index (χ3n) is 4.02. The summed E-state index contributed by atoms with van der Waals surface area (Å²) in [7, 11) is 0. The fourth-order valence-electron chi connectivity index (χ4n) is 2.57. The Hall–Kier alpha value is -2.30. The van der Waals surface area contributed by atoms with Crippen LogP contribution in [0.5, 0.6) is 0 Å². The molecule has 0 spiro atoms. The highest BCUT2D eigenvalue weighted by Gasteiger charge is 2.18. The second kappa shape index (κ2) is 5.60. The van der Waals surface area contributed by atoms with Gasteiger partial charge in [0.2, 0.25) is 11.7 Å². The molecule has 1 heterocycles. The molecule has 5 nitrogen and oxygen atoms in total. The smallest absolute Gasteiger partial charge is 0.371 e. The highest BCUT2D eigenvalue weighted by atomic mass is 16.4. The van der Waals surface area contributed by atoms with Crippen molar-refractivity contribution in [3.63, 3.8) is 0 Å². The number of aromatic carboxylic acids is 1. The third-order valence-corrected chi connectivity index (χ3v) is 4.02. The molecule has 0 aliphatic heterocycles. The summed E-state index contributed by atoms with van der Waals surface area (Å²) in [5, 5.41) is 12.4. The number of carboxylic acids is 1. The Morgan fingerprint density at radius 2 is 2.10 bits per heavy atom. The van der Waals surface area contributed by atoms with Gasteiger partial charge >= 0.3 is 5.97 Å². The first-order valence-corrected chi connectivity index (χ1v) is 7.18. The first kappa shape index (κ1) is 13.7. The van der Waals surface area contributed by atoms with Crippen molar-refractivity contribution in [1.82, 2.24) is 0 Å². The van der Waals surface area contributed by atoms with Gasteiger partial charge in [-0.15, -0.1) is 0 Å². The zero-order valence-electron chi connectivity index (χ0n) is 11.6. The molecule has 2 N–H and O–H groups in total. The summed E-state index contributed by atoms with van der Waals surface area (Å²) in [5.41, 5.74) is 1.17. The zero-order chi connectivity index (χ0) is 14.8. The maximum atomic E-state index is 11.9. The van der Waals surface area contributed by atoms with Gasteiger partial charge in [-0.3, -0.25) is 4.79 Å². The van der Waals surface area contributed by atoms with Crippen molar-refractivity contribution in [2.75, 3.05) is 5.32 Å². The Bertz CT molecular complexity index is 685. The topological polar surface area (TPSA) is 79.5 Å². The van der Waals surface area contributed by atoms with Crippen LogP contribution in [0.25, 0.3) is 11.0 Å². The quantitative estimate of drug-likeness (QED) is 0.879. The number of carbonyl (C=O) groups excluding carboxylic acids is 1. The molecule has 2 aromatic rings. The number of rotatable bonds is 5. The lowest BCUT2D eigenvalue weighted by Crippen LogP contribution is -2.16. The lowest BCUT2D eigenvalue weighted by Gasteiger charge is -2.24. The number of nitrogens with one attached hydrogen (secondary N) is 1. The molecule has 3 rings (SSSR count). The fraction of sp³-hybridized carbons (Fsp3) is 0.375. The fourth-order valence-corrected chi connectivity index (χ4v) is 2.57. The third kappa shape index (κ3) is 3.07. The summed E-state index contributed by atoms with van der Waals surface area (Å²) >= 11 is 0. The number of carbonyl (C=O) groups is 2. The molecule has 1 aromatic heterocycles. The molecule has 21 heavy (non-hydrogen) atoms.